The van der Waals surface area contributed by atoms with Crippen molar-refractivity contribution in [3.05, 3.63) is 78.7 Å². The van der Waals surface area contributed by atoms with Crippen LogP contribution in [0, 0.1) is 6.92 Å². The van der Waals surface area contributed by atoms with E-state index in [-0.39, 0.29) is 5.24 Å². The van der Waals surface area contributed by atoms with E-state index < -0.39 is 0 Å². The third-order valence-corrected chi connectivity index (χ3v) is 4.86. The highest BCUT2D eigenvalue weighted by molar-refractivity contribution is 8.13. The molecule has 0 saturated carbocycles. The average molecular weight is 374 g/mol. The number of rotatable bonds is 2. The molecular formula is C21H18N4OS. The number of imidazole rings is 1. The van der Waals surface area contributed by atoms with E-state index in [0.29, 0.717) is 11.4 Å². The molecule has 0 unspecified atom stereocenters. The Morgan fingerprint density at radius 2 is 1.93 bits per heavy atom. The zero-order valence-corrected chi connectivity index (χ0v) is 15.7. The van der Waals surface area contributed by atoms with Crippen molar-refractivity contribution in [2.24, 2.45) is 0 Å². The van der Waals surface area contributed by atoms with E-state index in [0.717, 1.165) is 33.9 Å². The molecule has 0 spiro atoms. The molecule has 0 radical (unpaired) electrons. The predicted molar refractivity (Wildman–Crippen MR) is 111 cm³/mol. The number of allylic oxidation sites excluding steroid dienone is 3. The maximum Gasteiger partial charge on any atom is 0.283 e. The minimum absolute atomic E-state index is 0.116. The van der Waals surface area contributed by atoms with Gasteiger partial charge in [-0.05, 0) is 37.3 Å². The number of pyridine rings is 1. The number of aromatic nitrogens is 3. The highest BCUT2D eigenvalue weighted by Crippen LogP contribution is 2.28. The monoisotopic (exact) mass is 374 g/mol. The van der Waals surface area contributed by atoms with Crippen molar-refractivity contribution in [2.75, 3.05) is 5.75 Å². The maximum absolute atomic E-state index is 11.8. The van der Waals surface area contributed by atoms with Crippen LogP contribution in [-0.4, -0.2) is 25.5 Å². The lowest BCUT2D eigenvalue weighted by atomic mass is 10.2. The molecule has 1 aliphatic heterocycles. The number of benzene rings is 1. The number of hydrogen-bond donors (Lipinski definition) is 1. The Morgan fingerprint density at radius 1 is 1.11 bits per heavy atom. The molecule has 5 nitrogen and oxygen atoms in total. The fraction of sp³-hybridized carbons (Fsp3) is 0.0952. The van der Waals surface area contributed by atoms with Gasteiger partial charge < -0.3 is 5.32 Å². The standard InChI is InChI=1S/C21H18N4OS/c1-14-9-11-18-20(22-14)25(19(24-18)16-6-4-3-5-7-16)17-10-8-15(2)23-21(26)27-13-12-17/h3-12H,2,13H2,1H3,(H,23,26)/b10-8-,17-12+. The molecule has 3 heterocycles. The summed E-state index contributed by atoms with van der Waals surface area (Å²) in [6.45, 7) is 5.85. The molecule has 27 heavy (non-hydrogen) atoms. The van der Waals surface area contributed by atoms with Gasteiger partial charge in [0.05, 0.1) is 0 Å². The number of fused-ring (bicyclic) bond motifs is 1. The van der Waals surface area contributed by atoms with Gasteiger partial charge in [-0.1, -0.05) is 48.7 Å². The SMILES string of the molecule is C=C1/C=C\C(n2c(-c3ccccc3)nc3ccc(C)nc32)=C/CSC(=O)N1. The van der Waals surface area contributed by atoms with Crippen LogP contribution in [0.5, 0.6) is 0 Å². The highest BCUT2D eigenvalue weighted by atomic mass is 32.2. The molecule has 0 saturated heterocycles. The van der Waals surface area contributed by atoms with Crippen LogP contribution in [0.4, 0.5) is 4.79 Å². The van der Waals surface area contributed by atoms with Gasteiger partial charge in [0, 0.05) is 28.4 Å². The Bertz CT molecular complexity index is 1100. The Balaban J connectivity index is 1.95. The van der Waals surface area contributed by atoms with Gasteiger partial charge in [-0.15, -0.1) is 0 Å². The summed E-state index contributed by atoms with van der Waals surface area (Å²) in [5.41, 5.74) is 5.00. The van der Waals surface area contributed by atoms with Crippen molar-refractivity contribution in [3.8, 4) is 11.4 Å². The topological polar surface area (TPSA) is 59.8 Å². The number of hydrogen-bond acceptors (Lipinski definition) is 4. The average Bonchev–Trinajstić information content (AvgIpc) is 3.06. The first-order valence-electron chi connectivity index (χ1n) is 8.54. The molecule has 0 fully saturated rings. The van der Waals surface area contributed by atoms with Crippen molar-refractivity contribution in [1.29, 1.82) is 0 Å². The molecule has 1 N–H and O–H groups in total. The molecule has 0 bridgehead atoms. The summed E-state index contributed by atoms with van der Waals surface area (Å²) in [6.07, 6.45) is 5.75. The van der Waals surface area contributed by atoms with E-state index in [1.165, 1.54) is 11.8 Å². The summed E-state index contributed by atoms with van der Waals surface area (Å²) in [5, 5.41) is 2.63. The van der Waals surface area contributed by atoms with Gasteiger partial charge >= 0.3 is 0 Å². The van der Waals surface area contributed by atoms with Crippen LogP contribution in [0.3, 0.4) is 0 Å². The third kappa shape index (κ3) is 3.57. The molecule has 1 amide bonds. The van der Waals surface area contributed by atoms with E-state index in [2.05, 4.69) is 11.9 Å². The number of carbonyl (C=O) groups excluding carboxylic acids is 1. The van der Waals surface area contributed by atoms with Crippen LogP contribution in [0.25, 0.3) is 28.2 Å². The van der Waals surface area contributed by atoms with Crippen LogP contribution < -0.4 is 5.32 Å². The second-order valence-corrected chi connectivity index (χ2v) is 7.14. The molecule has 1 aliphatic rings. The van der Waals surface area contributed by atoms with E-state index in [4.69, 9.17) is 9.97 Å². The molecule has 6 heteroatoms. The Labute approximate surface area is 161 Å². The molecule has 0 aliphatic carbocycles. The minimum Gasteiger partial charge on any atom is -0.317 e. The van der Waals surface area contributed by atoms with Crippen LogP contribution in [0.15, 0.2) is 73.0 Å². The first kappa shape index (κ1) is 17.3. The molecule has 134 valence electrons. The van der Waals surface area contributed by atoms with Gasteiger partial charge in [0.1, 0.15) is 11.3 Å². The van der Waals surface area contributed by atoms with Crippen LogP contribution in [0.2, 0.25) is 0 Å². The number of nitrogens with one attached hydrogen (secondary N) is 1. The number of nitrogens with zero attached hydrogens (tertiary/aromatic N) is 3. The minimum atomic E-state index is -0.116. The van der Waals surface area contributed by atoms with Crippen LogP contribution >= 0.6 is 11.8 Å². The zero-order valence-electron chi connectivity index (χ0n) is 14.8. The second-order valence-electron chi connectivity index (χ2n) is 6.14. The maximum atomic E-state index is 11.8. The normalized spacial score (nSPS) is 18.2. The van der Waals surface area contributed by atoms with Crippen molar-refractivity contribution >= 4 is 33.9 Å². The molecule has 3 aromatic rings. The number of carbonyl (C=O) groups is 1. The lowest BCUT2D eigenvalue weighted by molar-refractivity contribution is 0.263. The quantitative estimate of drug-likeness (QED) is 0.702. The van der Waals surface area contributed by atoms with Crippen molar-refractivity contribution in [3.63, 3.8) is 0 Å². The van der Waals surface area contributed by atoms with Gasteiger partial charge in [0.15, 0.2) is 5.65 Å². The molecule has 4 rings (SSSR count). The molecule has 0 atom stereocenters. The molecule has 2 aromatic heterocycles. The van der Waals surface area contributed by atoms with Gasteiger partial charge in [-0.2, -0.15) is 0 Å². The number of amides is 1. The lowest BCUT2D eigenvalue weighted by Crippen LogP contribution is -2.15. The third-order valence-electron chi connectivity index (χ3n) is 4.16. The number of thioether (sulfide) groups is 1. The summed E-state index contributed by atoms with van der Waals surface area (Å²) in [7, 11) is 0. The van der Waals surface area contributed by atoms with E-state index in [9.17, 15) is 4.79 Å². The Hall–Kier alpha value is -3.12. The summed E-state index contributed by atoms with van der Waals surface area (Å²) < 4.78 is 2.04. The summed E-state index contributed by atoms with van der Waals surface area (Å²) in [4.78, 5) is 21.4. The smallest absolute Gasteiger partial charge is 0.283 e. The molecule has 1 aromatic carbocycles. The van der Waals surface area contributed by atoms with Crippen molar-refractivity contribution < 1.29 is 4.79 Å². The highest BCUT2D eigenvalue weighted by Gasteiger charge is 2.17. The van der Waals surface area contributed by atoms with Gasteiger partial charge in [-0.3, -0.25) is 9.36 Å². The largest absolute Gasteiger partial charge is 0.317 e. The summed E-state index contributed by atoms with van der Waals surface area (Å²) in [6, 6.07) is 14.0. The Kier molecular flexibility index (Phi) is 4.64. The van der Waals surface area contributed by atoms with Crippen LogP contribution in [-0.2, 0) is 0 Å². The Morgan fingerprint density at radius 3 is 2.74 bits per heavy atom. The van der Waals surface area contributed by atoms with Gasteiger partial charge in [-0.25, -0.2) is 9.97 Å². The molecular weight excluding hydrogens is 356 g/mol. The second kappa shape index (κ2) is 7.25. The fourth-order valence-corrected chi connectivity index (χ4v) is 3.52. The summed E-state index contributed by atoms with van der Waals surface area (Å²) in [5.74, 6) is 1.35. The fourth-order valence-electron chi connectivity index (χ4n) is 2.91. The van der Waals surface area contributed by atoms with E-state index >= 15 is 0 Å². The first-order chi connectivity index (χ1) is 13.1. The van der Waals surface area contributed by atoms with Gasteiger partial charge in [0.25, 0.3) is 5.24 Å². The van der Waals surface area contributed by atoms with Gasteiger partial charge in [0.2, 0.25) is 0 Å². The predicted octanol–water partition coefficient (Wildman–Crippen LogP) is 4.77. The van der Waals surface area contributed by atoms with Crippen molar-refractivity contribution in [2.45, 2.75) is 6.92 Å². The van der Waals surface area contributed by atoms with Crippen molar-refractivity contribution in [1.82, 2.24) is 19.9 Å². The summed E-state index contributed by atoms with van der Waals surface area (Å²) >= 11 is 1.20. The number of aryl methyl sites for hydroxylation is 1. The zero-order chi connectivity index (χ0) is 18.8. The van der Waals surface area contributed by atoms with E-state index in [1.54, 1.807) is 6.08 Å². The lowest BCUT2D eigenvalue weighted by Gasteiger charge is -2.10. The van der Waals surface area contributed by atoms with E-state index in [1.807, 2.05) is 66.1 Å². The van der Waals surface area contributed by atoms with Crippen LogP contribution in [0.1, 0.15) is 5.69 Å². The first-order valence-corrected chi connectivity index (χ1v) is 9.53.